The molecule has 2 spiro atoms. The van der Waals surface area contributed by atoms with Crippen molar-refractivity contribution in [3.63, 3.8) is 0 Å². The number of para-hydroxylation sites is 3. The first kappa shape index (κ1) is 58.2. The van der Waals surface area contributed by atoms with Gasteiger partial charge in [-0.05, 0) is 265 Å². The van der Waals surface area contributed by atoms with E-state index in [0.717, 1.165) is 67.2 Å². The molecule has 3 nitrogen and oxygen atoms in total. The van der Waals surface area contributed by atoms with Crippen molar-refractivity contribution >= 4 is 131 Å². The molecule has 0 atom stereocenters. The van der Waals surface area contributed by atoms with Crippen molar-refractivity contribution in [3.05, 3.63) is 408 Å². The van der Waals surface area contributed by atoms with E-state index in [-0.39, 0.29) is 0 Å². The molecule has 4 aliphatic carbocycles. The molecular weight excluding hydrogens is 1300 g/mol. The second kappa shape index (κ2) is 21.6. The lowest BCUT2D eigenvalue weighted by atomic mass is 9.70. The number of hydrogen-bond donors (Lipinski definition) is 0. The predicted molar refractivity (Wildman–Crippen MR) is 444 cm³/mol. The minimum absolute atomic E-state index is 0.489. The van der Waals surface area contributed by atoms with E-state index in [4.69, 9.17) is 4.42 Å². The topological polar surface area (TPSA) is 19.6 Å². The van der Waals surface area contributed by atoms with Crippen molar-refractivity contribution in [3.8, 4) is 55.6 Å². The molecule has 2 aromatic heterocycles. The zero-order valence-corrected chi connectivity index (χ0v) is 58.2. The molecule has 0 amide bonds. The Kier molecular flexibility index (Phi) is 11.9. The van der Waals surface area contributed by atoms with Crippen molar-refractivity contribution < 1.29 is 4.42 Å². The summed E-state index contributed by atoms with van der Waals surface area (Å²) < 4.78 is 9.90. The van der Waals surface area contributed by atoms with Gasteiger partial charge in [-0.1, -0.05) is 243 Å². The number of benzene rings is 18. The van der Waals surface area contributed by atoms with Gasteiger partial charge in [-0.2, -0.15) is 0 Å². The van der Waals surface area contributed by atoms with Crippen LogP contribution in [-0.4, -0.2) is 0 Å². The van der Waals surface area contributed by atoms with Gasteiger partial charge in [0, 0.05) is 59.4 Å². The van der Waals surface area contributed by atoms with Gasteiger partial charge in [-0.15, -0.1) is 11.3 Å². The Balaban J connectivity index is 0.635. The lowest BCUT2D eigenvalue weighted by Gasteiger charge is -2.31. The SMILES string of the molecule is c1ccc(N(c2ccc3cc4c(cc3c2)C2(c3ccccc3-c3ccccc32)c2ccc3cc(-c5ccc6c(c5)oc5c(N(c7ccccc7)c7ccc8cc9c(cc8c7)C7(c8ccccc8-c8ccccc87)c7ccc8ccccc8c7-9)cccc56)ccc3c2-4)c2ccc3sc4ccccc4c3c2)cc1. The van der Waals surface area contributed by atoms with E-state index in [2.05, 4.69) is 374 Å². The molecule has 106 heavy (non-hydrogen) atoms. The fraction of sp³-hybridized carbons (Fsp3) is 0.0196. The first-order valence-corrected chi connectivity index (χ1v) is 37.6. The zero-order chi connectivity index (χ0) is 69.1. The largest absolute Gasteiger partial charge is 0.454 e. The molecule has 0 bridgehead atoms. The first-order chi connectivity index (χ1) is 52.5. The monoisotopic (exact) mass is 1360 g/mol. The average molecular weight is 1360 g/mol. The second-order valence-corrected chi connectivity index (χ2v) is 30.3. The summed E-state index contributed by atoms with van der Waals surface area (Å²) >= 11 is 1.86. The van der Waals surface area contributed by atoms with E-state index in [1.165, 1.54) is 152 Å². The van der Waals surface area contributed by atoms with E-state index in [0.29, 0.717) is 0 Å². The van der Waals surface area contributed by atoms with Crippen molar-refractivity contribution in [2.75, 3.05) is 9.80 Å². The molecule has 4 aliphatic rings. The molecule has 0 saturated carbocycles. The van der Waals surface area contributed by atoms with E-state index in [1.54, 1.807) is 0 Å². The number of thiophene rings is 1. The number of furan rings is 1. The standard InChI is InChI=1S/C102H60N2OS/c1-3-21-69(22-4-1)103(73-46-51-97-83(60-73)81-30-13-18-37-96(81)106-97)71-44-38-63-56-85-93(57-67(63)53-71)102(88-34-16-11-28-78(88)79-29-12-17-35-89(79)102)91-50-43-66-52-62(40-47-75(66)99(85)91)65-41-48-80-82-31-19-36-94(100(82)105-95(80)59-65)104(70-23-5-2-6-24-70)72-45-39-64-55-84-92(58-68(64)54-72)101(90-49-42-61-20-7-8-25-74(61)98(84)90)86-32-14-9-26-76(86)77-27-10-15-33-87(77)101/h1-60H. The molecule has 0 N–H and O–H groups in total. The van der Waals surface area contributed by atoms with Crippen LogP contribution < -0.4 is 9.80 Å². The molecule has 0 unspecified atom stereocenters. The highest BCUT2D eigenvalue weighted by Crippen LogP contribution is 2.67. The number of hydrogen-bond acceptors (Lipinski definition) is 4. The predicted octanol–water partition coefficient (Wildman–Crippen LogP) is 27.9. The van der Waals surface area contributed by atoms with Crippen LogP contribution >= 0.6 is 11.3 Å². The van der Waals surface area contributed by atoms with Gasteiger partial charge in [0.15, 0.2) is 5.58 Å². The third kappa shape index (κ3) is 7.79. The Hall–Kier alpha value is -13.4. The average Bonchev–Trinajstić information content (AvgIpc) is 1.51. The van der Waals surface area contributed by atoms with Gasteiger partial charge in [-0.3, -0.25) is 0 Å². The fourth-order valence-corrected chi connectivity index (χ4v) is 20.9. The van der Waals surface area contributed by atoms with Crippen LogP contribution in [0, 0.1) is 0 Å². The summed E-state index contributed by atoms with van der Waals surface area (Å²) in [4.78, 5) is 4.81. The Labute approximate surface area is 615 Å². The molecule has 0 aliphatic heterocycles. The van der Waals surface area contributed by atoms with Crippen LogP contribution in [0.5, 0.6) is 0 Å². The number of fused-ring (bicyclic) bond motifs is 32. The molecule has 490 valence electrons. The zero-order valence-electron chi connectivity index (χ0n) is 57.4. The molecular formula is C102H60N2OS. The number of anilines is 6. The highest BCUT2D eigenvalue weighted by molar-refractivity contribution is 7.25. The molecule has 24 rings (SSSR count). The summed E-state index contributed by atoms with van der Waals surface area (Å²) in [6.07, 6.45) is 0. The highest BCUT2D eigenvalue weighted by Gasteiger charge is 2.54. The van der Waals surface area contributed by atoms with Gasteiger partial charge in [0.05, 0.1) is 16.5 Å². The van der Waals surface area contributed by atoms with Gasteiger partial charge in [0.25, 0.3) is 0 Å². The number of nitrogens with zero attached hydrogens (tertiary/aromatic N) is 2. The van der Waals surface area contributed by atoms with Crippen LogP contribution in [-0.2, 0) is 10.8 Å². The molecule has 4 heteroatoms. The molecule has 20 aromatic rings. The normalized spacial score (nSPS) is 13.6. The van der Waals surface area contributed by atoms with Crippen molar-refractivity contribution in [2.45, 2.75) is 10.8 Å². The Bertz CT molecular complexity index is 7150. The minimum Gasteiger partial charge on any atom is -0.454 e. The van der Waals surface area contributed by atoms with Crippen LogP contribution in [0.1, 0.15) is 44.5 Å². The number of rotatable bonds is 7. The van der Waals surface area contributed by atoms with Gasteiger partial charge < -0.3 is 14.2 Å². The maximum atomic E-state index is 7.30. The Morgan fingerprint density at radius 2 is 0.689 bits per heavy atom. The molecule has 2 heterocycles. The van der Waals surface area contributed by atoms with E-state index in [9.17, 15) is 0 Å². The summed E-state index contributed by atoms with van der Waals surface area (Å²) in [5.41, 5.74) is 30.4. The van der Waals surface area contributed by atoms with Crippen LogP contribution in [0.4, 0.5) is 34.1 Å². The van der Waals surface area contributed by atoms with Gasteiger partial charge in [0.2, 0.25) is 0 Å². The lowest BCUT2D eigenvalue weighted by Crippen LogP contribution is -2.25. The lowest BCUT2D eigenvalue weighted by molar-refractivity contribution is 0.669. The second-order valence-electron chi connectivity index (χ2n) is 29.3. The smallest absolute Gasteiger partial charge is 0.159 e. The van der Waals surface area contributed by atoms with Crippen molar-refractivity contribution in [1.29, 1.82) is 0 Å². The van der Waals surface area contributed by atoms with Crippen LogP contribution in [0.2, 0.25) is 0 Å². The third-order valence-electron chi connectivity index (χ3n) is 24.1. The van der Waals surface area contributed by atoms with Gasteiger partial charge in [-0.25, -0.2) is 0 Å². The minimum atomic E-state index is -0.544. The molecule has 0 radical (unpaired) electrons. The summed E-state index contributed by atoms with van der Waals surface area (Å²) in [6.45, 7) is 0. The van der Waals surface area contributed by atoms with E-state index < -0.39 is 10.8 Å². The van der Waals surface area contributed by atoms with Gasteiger partial charge >= 0.3 is 0 Å². The summed E-state index contributed by atoms with van der Waals surface area (Å²) in [5, 5.41) is 14.5. The molecule has 0 saturated heterocycles. The van der Waals surface area contributed by atoms with E-state index >= 15 is 0 Å². The maximum Gasteiger partial charge on any atom is 0.159 e. The van der Waals surface area contributed by atoms with Crippen LogP contribution in [0.3, 0.4) is 0 Å². The van der Waals surface area contributed by atoms with E-state index in [1.807, 2.05) is 11.3 Å². The van der Waals surface area contributed by atoms with Crippen LogP contribution in [0.25, 0.3) is 141 Å². The van der Waals surface area contributed by atoms with Crippen molar-refractivity contribution in [1.82, 2.24) is 0 Å². The summed E-state index contributed by atoms with van der Waals surface area (Å²) in [7, 11) is 0. The Morgan fingerprint density at radius 3 is 1.31 bits per heavy atom. The van der Waals surface area contributed by atoms with Gasteiger partial charge in [0.1, 0.15) is 5.58 Å². The highest BCUT2D eigenvalue weighted by atomic mass is 32.1. The molecule has 0 fully saturated rings. The Morgan fingerprint density at radius 1 is 0.226 bits per heavy atom. The fourth-order valence-electron chi connectivity index (χ4n) is 19.8. The first-order valence-electron chi connectivity index (χ1n) is 36.8. The third-order valence-corrected chi connectivity index (χ3v) is 25.3. The summed E-state index contributed by atoms with van der Waals surface area (Å²) in [5.74, 6) is 0. The summed E-state index contributed by atoms with van der Waals surface area (Å²) in [6, 6.07) is 137. The molecule has 18 aromatic carbocycles. The quantitative estimate of drug-likeness (QED) is 0.159. The van der Waals surface area contributed by atoms with Crippen LogP contribution in [0.15, 0.2) is 368 Å². The maximum absolute atomic E-state index is 7.30. The van der Waals surface area contributed by atoms with Crippen molar-refractivity contribution in [2.24, 2.45) is 0 Å².